The molecule has 39 heavy (non-hydrogen) atoms. The van der Waals surface area contributed by atoms with Crippen molar-refractivity contribution in [2.24, 2.45) is 0 Å². The van der Waals surface area contributed by atoms with E-state index in [-0.39, 0.29) is 37.1 Å². The summed E-state index contributed by atoms with van der Waals surface area (Å²) in [6.07, 6.45) is -1.15. The quantitative estimate of drug-likeness (QED) is 0.186. The fourth-order valence-electron chi connectivity index (χ4n) is 3.33. The van der Waals surface area contributed by atoms with Gasteiger partial charge in [0, 0.05) is 51.2 Å². The van der Waals surface area contributed by atoms with Crippen molar-refractivity contribution in [2.75, 3.05) is 37.4 Å². The molecule has 0 atom stereocenters. The van der Waals surface area contributed by atoms with Crippen LogP contribution in [0.1, 0.15) is 34.3 Å². The summed E-state index contributed by atoms with van der Waals surface area (Å²) in [5, 5.41) is 10.9. The Morgan fingerprint density at radius 2 is 1.69 bits per heavy atom. The van der Waals surface area contributed by atoms with Crippen molar-refractivity contribution in [1.82, 2.24) is 20.6 Å². The molecule has 0 bridgehead atoms. The maximum atomic E-state index is 13.3. The Morgan fingerprint density at radius 3 is 2.36 bits per heavy atom. The van der Waals surface area contributed by atoms with Gasteiger partial charge in [0.2, 0.25) is 11.9 Å². The number of ether oxygens (including phenoxy) is 1. The van der Waals surface area contributed by atoms with Crippen LogP contribution in [-0.2, 0) is 22.3 Å². The molecule has 0 saturated heterocycles. The number of halogens is 4. The number of hydrogen-bond donors (Lipinski definition) is 4. The van der Waals surface area contributed by atoms with Crippen LogP contribution in [0.2, 0.25) is 0 Å². The number of nitrogens with zero attached hydrogens (tertiary/aromatic N) is 2. The molecule has 0 unspecified atom stereocenters. The second-order valence-corrected chi connectivity index (χ2v) is 8.30. The van der Waals surface area contributed by atoms with E-state index >= 15 is 0 Å². The number of nitrogens with one attached hydrogen (secondary N) is 4. The Hall–Kier alpha value is -4.26. The number of alkyl halides is 3. The van der Waals surface area contributed by atoms with Crippen molar-refractivity contribution >= 4 is 29.1 Å². The van der Waals surface area contributed by atoms with Crippen LogP contribution in [0.25, 0.3) is 0 Å². The summed E-state index contributed by atoms with van der Waals surface area (Å²) < 4.78 is 58.2. The topological polar surface area (TPSA) is 117 Å². The van der Waals surface area contributed by atoms with Crippen molar-refractivity contribution in [2.45, 2.75) is 25.6 Å². The predicted octanol–water partition coefficient (Wildman–Crippen LogP) is 4.26. The van der Waals surface area contributed by atoms with Crippen molar-refractivity contribution < 1.29 is 31.9 Å². The Balaban J connectivity index is 1.30. The van der Waals surface area contributed by atoms with E-state index in [1.165, 1.54) is 12.4 Å². The minimum Gasteiger partial charge on any atom is -0.381 e. The van der Waals surface area contributed by atoms with Gasteiger partial charge in [-0.05, 0) is 42.3 Å². The van der Waals surface area contributed by atoms with E-state index < -0.39 is 17.6 Å². The molecule has 0 fully saturated rings. The first-order valence-corrected chi connectivity index (χ1v) is 12.0. The molecule has 2 aromatic carbocycles. The summed E-state index contributed by atoms with van der Waals surface area (Å²) in [4.78, 5) is 32.0. The van der Waals surface area contributed by atoms with Gasteiger partial charge in [-0.3, -0.25) is 9.59 Å². The van der Waals surface area contributed by atoms with E-state index in [9.17, 15) is 27.2 Å². The number of rotatable bonds is 13. The lowest BCUT2D eigenvalue weighted by molar-refractivity contribution is -0.137. The molecule has 9 nitrogen and oxygen atoms in total. The Labute approximate surface area is 222 Å². The Morgan fingerprint density at radius 1 is 0.974 bits per heavy atom. The molecule has 0 radical (unpaired) electrons. The minimum atomic E-state index is -4.70. The van der Waals surface area contributed by atoms with Gasteiger partial charge >= 0.3 is 6.18 Å². The normalized spacial score (nSPS) is 11.1. The van der Waals surface area contributed by atoms with E-state index in [4.69, 9.17) is 4.74 Å². The van der Waals surface area contributed by atoms with Crippen LogP contribution in [0.3, 0.4) is 0 Å². The van der Waals surface area contributed by atoms with Crippen LogP contribution >= 0.6 is 0 Å². The molecule has 0 aliphatic carbocycles. The van der Waals surface area contributed by atoms with Crippen molar-refractivity contribution in [3.8, 4) is 0 Å². The van der Waals surface area contributed by atoms with Crippen LogP contribution in [0.4, 0.5) is 34.9 Å². The van der Waals surface area contributed by atoms with Crippen molar-refractivity contribution in [3.63, 3.8) is 0 Å². The molecule has 1 heterocycles. The zero-order valence-corrected chi connectivity index (χ0v) is 21.1. The first-order valence-electron chi connectivity index (χ1n) is 12.0. The Bertz CT molecular complexity index is 1240. The van der Waals surface area contributed by atoms with Gasteiger partial charge in [-0.25, -0.2) is 14.4 Å². The van der Waals surface area contributed by atoms with E-state index in [0.717, 1.165) is 17.7 Å². The van der Waals surface area contributed by atoms with Crippen molar-refractivity contribution in [3.05, 3.63) is 77.4 Å². The molecule has 208 valence electrons. The monoisotopic (exact) mass is 548 g/mol. The van der Waals surface area contributed by atoms with E-state index in [0.29, 0.717) is 42.8 Å². The average molecular weight is 549 g/mol. The largest absolute Gasteiger partial charge is 0.418 e. The molecule has 3 rings (SSSR count). The second kappa shape index (κ2) is 14.0. The molecule has 1 aromatic heterocycles. The van der Waals surface area contributed by atoms with Crippen LogP contribution in [0, 0.1) is 5.82 Å². The third kappa shape index (κ3) is 9.52. The average Bonchev–Trinajstić information content (AvgIpc) is 2.92. The zero-order valence-electron chi connectivity index (χ0n) is 21.1. The highest BCUT2D eigenvalue weighted by Crippen LogP contribution is 2.36. The summed E-state index contributed by atoms with van der Waals surface area (Å²) in [6.45, 7) is 1.19. The van der Waals surface area contributed by atoms with Crippen LogP contribution < -0.4 is 21.3 Å². The third-order valence-electron chi connectivity index (χ3n) is 5.37. The number of carbonyl (C=O) groups excluding carboxylic acids is 2. The smallest absolute Gasteiger partial charge is 0.381 e. The molecule has 2 amide bonds. The van der Waals surface area contributed by atoms with Gasteiger partial charge in [0.25, 0.3) is 5.91 Å². The first-order chi connectivity index (χ1) is 18.7. The van der Waals surface area contributed by atoms with E-state index in [2.05, 4.69) is 31.2 Å². The molecule has 13 heteroatoms. The highest BCUT2D eigenvalue weighted by molar-refractivity contribution is 5.93. The third-order valence-corrected chi connectivity index (χ3v) is 5.37. The molecule has 3 aromatic rings. The number of carbonyl (C=O) groups is 2. The molecule has 0 aliphatic heterocycles. The van der Waals surface area contributed by atoms with E-state index in [1.807, 2.05) is 0 Å². The number of aromatic nitrogens is 2. The lowest BCUT2D eigenvalue weighted by Gasteiger charge is -2.15. The van der Waals surface area contributed by atoms with Gasteiger partial charge in [0.15, 0.2) is 0 Å². The van der Waals surface area contributed by atoms with Gasteiger partial charge in [0.05, 0.1) is 23.4 Å². The van der Waals surface area contributed by atoms with Gasteiger partial charge in [-0.2, -0.15) is 13.2 Å². The summed E-state index contributed by atoms with van der Waals surface area (Å²) in [5.74, 6) is -1.07. The van der Waals surface area contributed by atoms with Crippen molar-refractivity contribution in [1.29, 1.82) is 0 Å². The van der Waals surface area contributed by atoms with Crippen LogP contribution in [0.15, 0.2) is 54.9 Å². The lowest BCUT2D eigenvalue weighted by atomic mass is 10.1. The molecule has 0 aliphatic rings. The molecular weight excluding hydrogens is 520 g/mol. The van der Waals surface area contributed by atoms with E-state index in [1.54, 1.807) is 31.3 Å². The predicted molar refractivity (Wildman–Crippen MR) is 137 cm³/mol. The molecular formula is C26H28F4N6O3. The summed E-state index contributed by atoms with van der Waals surface area (Å²) in [6, 6.07) is 8.87. The lowest BCUT2D eigenvalue weighted by Crippen LogP contribution is -2.26. The standard InChI is InChI=1S/C26H28F4N6O3/c1-31-25-34-15-18(16-35-25)24(38)32-10-2-11-39-12-9-23(37)33-14-17-3-6-20(7-4-17)36-22-8-5-19(27)13-21(22)26(28,29)30/h3-8,13,15-16,36H,2,9-12,14H2,1H3,(H,32,38)(H,33,37)(H,31,34,35). The van der Waals surface area contributed by atoms with Gasteiger partial charge in [0.1, 0.15) is 5.82 Å². The van der Waals surface area contributed by atoms with Crippen LogP contribution in [0.5, 0.6) is 0 Å². The maximum absolute atomic E-state index is 13.3. The summed E-state index contributed by atoms with van der Waals surface area (Å²) >= 11 is 0. The van der Waals surface area contributed by atoms with Gasteiger partial charge in [-0.15, -0.1) is 0 Å². The second-order valence-electron chi connectivity index (χ2n) is 8.30. The number of anilines is 3. The number of hydrogen-bond acceptors (Lipinski definition) is 7. The SMILES string of the molecule is CNc1ncc(C(=O)NCCCOCCC(=O)NCc2ccc(Nc3ccc(F)cc3C(F)(F)F)cc2)cn1. The molecule has 0 spiro atoms. The maximum Gasteiger partial charge on any atom is 0.418 e. The van der Waals surface area contributed by atoms with Gasteiger partial charge in [-0.1, -0.05) is 12.1 Å². The fourth-order valence-corrected chi connectivity index (χ4v) is 3.33. The fraction of sp³-hybridized carbons (Fsp3) is 0.308. The highest BCUT2D eigenvalue weighted by Gasteiger charge is 2.34. The Kier molecular flexibility index (Phi) is 10.6. The number of amides is 2. The summed E-state index contributed by atoms with van der Waals surface area (Å²) in [7, 11) is 1.68. The van der Waals surface area contributed by atoms with Gasteiger partial charge < -0.3 is 26.0 Å². The minimum absolute atomic E-state index is 0.145. The van der Waals surface area contributed by atoms with Crippen LogP contribution in [-0.4, -0.2) is 48.6 Å². The molecule has 0 saturated carbocycles. The zero-order chi connectivity index (χ0) is 28.3. The summed E-state index contributed by atoms with van der Waals surface area (Å²) in [5.41, 5.74) is 0.109. The molecule has 4 N–H and O–H groups in total. The highest BCUT2D eigenvalue weighted by atomic mass is 19.4. The first kappa shape index (κ1) is 29.3. The number of benzene rings is 2.